The lowest BCUT2D eigenvalue weighted by atomic mass is 10.2. The number of para-hydroxylation sites is 2. The zero-order chi connectivity index (χ0) is 19.6. The number of hydrogen-bond acceptors (Lipinski definition) is 4. The van der Waals surface area contributed by atoms with E-state index in [-0.39, 0.29) is 17.7 Å². The van der Waals surface area contributed by atoms with Crippen molar-refractivity contribution in [1.29, 1.82) is 0 Å². The number of hydrogen-bond donors (Lipinski definition) is 2. The number of benzene rings is 2. The van der Waals surface area contributed by atoms with Crippen molar-refractivity contribution in [1.82, 2.24) is 10.6 Å². The van der Waals surface area contributed by atoms with E-state index in [0.29, 0.717) is 30.5 Å². The molecule has 0 amide bonds. The minimum atomic E-state index is -0.378. The predicted octanol–water partition coefficient (Wildman–Crippen LogP) is 2.98. The Bertz CT molecular complexity index is 768. The van der Waals surface area contributed by atoms with Crippen molar-refractivity contribution < 1.29 is 18.6 Å². The third kappa shape index (κ3) is 5.77. The average molecular weight is 375 g/mol. The highest BCUT2D eigenvalue weighted by Gasteiger charge is 2.11. The lowest BCUT2D eigenvalue weighted by Crippen LogP contribution is -2.41. The van der Waals surface area contributed by atoms with Crippen LogP contribution in [0, 0.1) is 5.82 Å². The average Bonchev–Trinajstić information content (AvgIpc) is 2.69. The maximum Gasteiger partial charge on any atom is 0.191 e. The van der Waals surface area contributed by atoms with Crippen LogP contribution in [0.3, 0.4) is 0 Å². The zero-order valence-corrected chi connectivity index (χ0v) is 16.1. The molecule has 6 nitrogen and oxygen atoms in total. The summed E-state index contributed by atoms with van der Waals surface area (Å²) in [5, 5.41) is 6.38. The molecule has 2 aromatic carbocycles. The predicted molar refractivity (Wildman–Crippen MR) is 104 cm³/mol. The van der Waals surface area contributed by atoms with Gasteiger partial charge in [-0.15, -0.1) is 0 Å². The van der Waals surface area contributed by atoms with E-state index in [1.165, 1.54) is 6.07 Å². The molecule has 7 heteroatoms. The number of guanidine groups is 1. The molecule has 146 valence electrons. The summed E-state index contributed by atoms with van der Waals surface area (Å²) in [6.07, 6.45) is -0.244. The lowest BCUT2D eigenvalue weighted by Gasteiger charge is -2.19. The summed E-state index contributed by atoms with van der Waals surface area (Å²) in [7, 11) is 4.89. The van der Waals surface area contributed by atoms with Crippen LogP contribution in [0.1, 0.15) is 12.5 Å². The van der Waals surface area contributed by atoms with Crippen LogP contribution in [0.5, 0.6) is 17.2 Å². The second-order valence-corrected chi connectivity index (χ2v) is 5.82. The highest BCUT2D eigenvalue weighted by atomic mass is 19.1. The number of rotatable bonds is 8. The molecular weight excluding hydrogens is 349 g/mol. The van der Waals surface area contributed by atoms with Crippen LogP contribution in [0.15, 0.2) is 47.5 Å². The third-order valence-corrected chi connectivity index (χ3v) is 3.88. The number of aliphatic imine (C=N–C) groups is 1. The summed E-state index contributed by atoms with van der Waals surface area (Å²) in [6.45, 7) is 2.82. The molecule has 2 aromatic rings. The fourth-order valence-corrected chi connectivity index (χ4v) is 2.53. The van der Waals surface area contributed by atoms with E-state index in [1.807, 2.05) is 25.1 Å². The van der Waals surface area contributed by atoms with Crippen molar-refractivity contribution in [3.8, 4) is 17.2 Å². The van der Waals surface area contributed by atoms with Crippen LogP contribution in [-0.4, -0.2) is 39.9 Å². The van der Waals surface area contributed by atoms with Gasteiger partial charge in [-0.1, -0.05) is 24.3 Å². The van der Waals surface area contributed by atoms with Crippen molar-refractivity contribution >= 4 is 5.96 Å². The topological polar surface area (TPSA) is 64.1 Å². The molecular formula is C20H26FN3O3. The molecule has 0 bridgehead atoms. The van der Waals surface area contributed by atoms with Crippen LogP contribution in [0.25, 0.3) is 0 Å². The zero-order valence-electron chi connectivity index (χ0n) is 16.1. The SMILES string of the molecule is CN=C(NCc1cccc(OC)c1OC)NCC(C)Oc1ccccc1F. The lowest BCUT2D eigenvalue weighted by molar-refractivity contribution is 0.214. The van der Waals surface area contributed by atoms with Gasteiger partial charge in [0.25, 0.3) is 0 Å². The maximum absolute atomic E-state index is 13.7. The monoisotopic (exact) mass is 375 g/mol. The van der Waals surface area contributed by atoms with E-state index >= 15 is 0 Å². The Morgan fingerprint density at radius 1 is 1.04 bits per heavy atom. The number of nitrogens with zero attached hydrogens (tertiary/aromatic N) is 1. The van der Waals surface area contributed by atoms with Gasteiger partial charge in [0.05, 0.1) is 20.8 Å². The molecule has 2 rings (SSSR count). The van der Waals surface area contributed by atoms with Crippen molar-refractivity contribution in [2.45, 2.75) is 19.6 Å². The molecule has 0 saturated heterocycles. The van der Waals surface area contributed by atoms with Gasteiger partial charge in [0.2, 0.25) is 0 Å². The van der Waals surface area contributed by atoms with E-state index in [4.69, 9.17) is 14.2 Å². The van der Waals surface area contributed by atoms with Crippen LogP contribution < -0.4 is 24.8 Å². The van der Waals surface area contributed by atoms with Gasteiger partial charge in [0.15, 0.2) is 29.0 Å². The molecule has 0 spiro atoms. The van der Waals surface area contributed by atoms with Crippen LogP contribution >= 0.6 is 0 Å². The molecule has 0 aliphatic heterocycles. The van der Waals surface area contributed by atoms with Crippen LogP contribution in [-0.2, 0) is 6.54 Å². The summed E-state index contributed by atoms with van der Waals surface area (Å²) < 4.78 is 30.0. The molecule has 0 radical (unpaired) electrons. The molecule has 0 heterocycles. The maximum atomic E-state index is 13.7. The quantitative estimate of drug-likeness (QED) is 0.549. The summed E-state index contributed by atoms with van der Waals surface area (Å²) in [5.74, 6) is 1.81. The molecule has 27 heavy (non-hydrogen) atoms. The van der Waals surface area contributed by atoms with E-state index in [9.17, 15) is 4.39 Å². The molecule has 1 unspecified atom stereocenters. The fraction of sp³-hybridized carbons (Fsp3) is 0.350. The Morgan fingerprint density at radius 2 is 1.78 bits per heavy atom. The standard InChI is InChI=1S/C20H26FN3O3/c1-14(27-17-10-6-5-9-16(17)21)12-23-20(22-2)24-13-15-8-7-11-18(25-3)19(15)26-4/h5-11,14H,12-13H2,1-4H3,(H2,22,23,24). The largest absolute Gasteiger partial charge is 0.493 e. The minimum absolute atomic E-state index is 0.232. The Hall–Kier alpha value is -2.96. The first-order chi connectivity index (χ1) is 13.1. The Kier molecular flexibility index (Phi) is 7.73. The van der Waals surface area contributed by atoms with Crippen LogP contribution in [0.2, 0.25) is 0 Å². The van der Waals surface area contributed by atoms with Crippen molar-refractivity contribution in [2.24, 2.45) is 4.99 Å². The van der Waals surface area contributed by atoms with E-state index in [2.05, 4.69) is 15.6 Å². The molecule has 2 N–H and O–H groups in total. The highest BCUT2D eigenvalue weighted by Crippen LogP contribution is 2.30. The summed E-state index contributed by atoms with van der Waals surface area (Å²) in [5.41, 5.74) is 0.940. The summed E-state index contributed by atoms with van der Waals surface area (Å²) in [4.78, 5) is 4.19. The first-order valence-electron chi connectivity index (χ1n) is 8.64. The molecule has 0 aromatic heterocycles. The fourth-order valence-electron chi connectivity index (χ4n) is 2.53. The second-order valence-electron chi connectivity index (χ2n) is 5.82. The summed E-state index contributed by atoms with van der Waals surface area (Å²) in [6, 6.07) is 12.0. The van der Waals surface area contributed by atoms with Crippen molar-refractivity contribution in [3.05, 3.63) is 53.8 Å². The Labute approximate surface area is 159 Å². The number of methoxy groups -OCH3 is 2. The highest BCUT2D eigenvalue weighted by molar-refractivity contribution is 5.79. The van der Waals surface area contributed by atoms with E-state index < -0.39 is 0 Å². The normalized spacial score (nSPS) is 12.3. The van der Waals surface area contributed by atoms with Gasteiger partial charge < -0.3 is 24.8 Å². The van der Waals surface area contributed by atoms with Gasteiger partial charge >= 0.3 is 0 Å². The number of nitrogens with one attached hydrogen (secondary N) is 2. The molecule has 0 fully saturated rings. The van der Waals surface area contributed by atoms with Gasteiger partial charge in [0.1, 0.15) is 6.10 Å². The first kappa shape index (κ1) is 20.4. The molecule has 1 atom stereocenters. The van der Waals surface area contributed by atoms with Gasteiger partial charge in [-0.3, -0.25) is 4.99 Å². The Morgan fingerprint density at radius 3 is 2.44 bits per heavy atom. The molecule has 0 saturated carbocycles. The first-order valence-corrected chi connectivity index (χ1v) is 8.64. The number of halogens is 1. The van der Waals surface area contributed by atoms with Crippen LogP contribution in [0.4, 0.5) is 4.39 Å². The minimum Gasteiger partial charge on any atom is -0.493 e. The second kappa shape index (κ2) is 10.3. The van der Waals surface area contributed by atoms with Crippen molar-refractivity contribution in [2.75, 3.05) is 27.8 Å². The van der Waals surface area contributed by atoms with Gasteiger partial charge in [-0.05, 0) is 25.1 Å². The number of ether oxygens (including phenoxy) is 3. The third-order valence-electron chi connectivity index (χ3n) is 3.88. The van der Waals surface area contributed by atoms with Crippen molar-refractivity contribution in [3.63, 3.8) is 0 Å². The molecule has 0 aliphatic rings. The smallest absolute Gasteiger partial charge is 0.191 e. The Balaban J connectivity index is 1.88. The summed E-state index contributed by atoms with van der Waals surface area (Å²) >= 11 is 0. The van der Waals surface area contributed by atoms with E-state index in [1.54, 1.807) is 39.5 Å². The molecule has 0 aliphatic carbocycles. The van der Waals surface area contributed by atoms with Gasteiger partial charge in [0, 0.05) is 19.2 Å². The van der Waals surface area contributed by atoms with Gasteiger partial charge in [-0.25, -0.2) is 4.39 Å². The van der Waals surface area contributed by atoms with Gasteiger partial charge in [-0.2, -0.15) is 0 Å². The van der Waals surface area contributed by atoms with E-state index in [0.717, 1.165) is 5.56 Å².